The van der Waals surface area contributed by atoms with E-state index in [1.165, 1.54) is 48.5 Å². The summed E-state index contributed by atoms with van der Waals surface area (Å²) < 4.78 is 33.9. The van der Waals surface area contributed by atoms with Crippen LogP contribution in [0, 0.1) is 0 Å². The molecule has 1 N–H and O–H groups in total. The van der Waals surface area contributed by atoms with Crippen molar-refractivity contribution in [3.63, 3.8) is 0 Å². The molecule has 3 aromatic carbocycles. The molecule has 3 heterocycles. The van der Waals surface area contributed by atoms with E-state index in [9.17, 15) is 29.1 Å². The highest BCUT2D eigenvalue weighted by Gasteiger charge is 2.51. The SMILES string of the molecule is O=C(OC[C@H]1O[C@@H](n2cnc(C(=O)O)c2N2C(=O)c3ccccc3C2=O)[C@H](F)[C@@H]1OC(=O)c1ccccc1)c1ccccc1. The van der Waals surface area contributed by atoms with Crippen LogP contribution < -0.4 is 4.90 Å². The Morgan fingerprint density at radius 2 is 1.39 bits per heavy atom. The van der Waals surface area contributed by atoms with Crippen molar-refractivity contribution in [2.45, 2.75) is 24.6 Å². The van der Waals surface area contributed by atoms with Crippen molar-refractivity contribution in [3.05, 3.63) is 119 Å². The lowest BCUT2D eigenvalue weighted by atomic mass is 10.1. The summed E-state index contributed by atoms with van der Waals surface area (Å²) in [6.45, 7) is -0.555. The molecule has 222 valence electrons. The quantitative estimate of drug-likeness (QED) is 0.234. The van der Waals surface area contributed by atoms with Gasteiger partial charge in [0.2, 0.25) is 0 Å². The van der Waals surface area contributed by atoms with Crippen LogP contribution in [0.4, 0.5) is 10.2 Å². The van der Waals surface area contributed by atoms with Gasteiger partial charge in [-0.05, 0) is 36.4 Å². The van der Waals surface area contributed by atoms with E-state index < -0.39 is 72.4 Å². The average molecular weight is 600 g/mol. The van der Waals surface area contributed by atoms with Crippen LogP contribution in [-0.2, 0) is 14.2 Å². The Bertz CT molecular complexity index is 1740. The Hall–Kier alpha value is -5.69. The Labute approximate surface area is 248 Å². The van der Waals surface area contributed by atoms with Gasteiger partial charge in [0.05, 0.1) is 28.6 Å². The van der Waals surface area contributed by atoms with Crippen molar-refractivity contribution in [1.82, 2.24) is 9.55 Å². The molecular weight excluding hydrogens is 577 g/mol. The number of carboxylic acid groups (broad SMARTS) is 1. The van der Waals surface area contributed by atoms with Gasteiger partial charge in [-0.2, -0.15) is 0 Å². The molecule has 2 aliphatic rings. The number of alkyl halides is 1. The molecule has 13 heteroatoms. The van der Waals surface area contributed by atoms with E-state index in [1.807, 2.05) is 0 Å². The van der Waals surface area contributed by atoms with Crippen LogP contribution in [-0.4, -0.2) is 69.4 Å². The first-order valence-electron chi connectivity index (χ1n) is 13.3. The van der Waals surface area contributed by atoms with Crippen LogP contribution in [0.5, 0.6) is 0 Å². The highest BCUT2D eigenvalue weighted by atomic mass is 19.1. The number of nitrogens with zero attached hydrogens (tertiary/aromatic N) is 3. The van der Waals surface area contributed by atoms with Crippen molar-refractivity contribution in [2.24, 2.45) is 0 Å². The maximum absolute atomic E-state index is 16.3. The largest absolute Gasteiger partial charge is 0.476 e. The first-order valence-corrected chi connectivity index (χ1v) is 13.3. The zero-order chi connectivity index (χ0) is 31.0. The molecule has 1 saturated heterocycles. The zero-order valence-corrected chi connectivity index (χ0v) is 22.6. The number of esters is 2. The summed E-state index contributed by atoms with van der Waals surface area (Å²) in [5, 5.41) is 9.85. The fourth-order valence-electron chi connectivity index (χ4n) is 5.07. The lowest BCUT2D eigenvalue weighted by Crippen LogP contribution is -2.37. The van der Waals surface area contributed by atoms with Gasteiger partial charge >= 0.3 is 17.9 Å². The van der Waals surface area contributed by atoms with Crippen LogP contribution in [0.2, 0.25) is 0 Å². The van der Waals surface area contributed by atoms with Gasteiger partial charge in [-0.25, -0.2) is 28.7 Å². The van der Waals surface area contributed by atoms with Crippen LogP contribution in [0.25, 0.3) is 0 Å². The number of hydrogen-bond donors (Lipinski definition) is 1. The first-order chi connectivity index (χ1) is 21.3. The van der Waals surface area contributed by atoms with Gasteiger partial charge in [-0.1, -0.05) is 48.5 Å². The molecule has 0 spiro atoms. The number of rotatable bonds is 8. The molecule has 2 amide bonds. The Morgan fingerprint density at radius 1 is 0.841 bits per heavy atom. The number of fused-ring (bicyclic) bond motifs is 1. The molecule has 2 aliphatic heterocycles. The van der Waals surface area contributed by atoms with Gasteiger partial charge in [0, 0.05) is 0 Å². The third-order valence-electron chi connectivity index (χ3n) is 7.16. The fourth-order valence-corrected chi connectivity index (χ4v) is 5.07. The minimum absolute atomic E-state index is 0.0195. The summed E-state index contributed by atoms with van der Waals surface area (Å²) in [5.41, 5.74) is -0.347. The Morgan fingerprint density at radius 3 is 1.95 bits per heavy atom. The molecule has 6 rings (SSSR count). The van der Waals surface area contributed by atoms with Crippen molar-refractivity contribution in [2.75, 3.05) is 11.5 Å². The van der Waals surface area contributed by atoms with Crippen molar-refractivity contribution in [3.8, 4) is 0 Å². The number of imide groups is 1. The predicted octanol–water partition coefficient (Wildman–Crippen LogP) is 3.70. The lowest BCUT2D eigenvalue weighted by molar-refractivity contribution is -0.0575. The monoisotopic (exact) mass is 599 g/mol. The second-order valence-corrected chi connectivity index (χ2v) is 9.83. The molecule has 1 aromatic heterocycles. The first kappa shape index (κ1) is 28.4. The molecule has 0 radical (unpaired) electrons. The van der Waals surface area contributed by atoms with Gasteiger partial charge < -0.3 is 19.3 Å². The molecule has 0 bridgehead atoms. The zero-order valence-electron chi connectivity index (χ0n) is 22.6. The summed E-state index contributed by atoms with van der Waals surface area (Å²) in [7, 11) is 0. The molecule has 0 unspecified atom stereocenters. The van der Waals surface area contributed by atoms with Crippen molar-refractivity contribution >= 4 is 35.5 Å². The van der Waals surface area contributed by atoms with E-state index in [1.54, 1.807) is 36.4 Å². The summed E-state index contributed by atoms with van der Waals surface area (Å²) in [5.74, 6) is -5.47. The van der Waals surface area contributed by atoms with Crippen molar-refractivity contribution in [1.29, 1.82) is 0 Å². The number of carboxylic acids is 1. The molecule has 4 aromatic rings. The molecule has 1 fully saturated rings. The Kier molecular flexibility index (Phi) is 7.45. The molecule has 4 atom stereocenters. The number of carbonyl (C=O) groups is 5. The fraction of sp³-hybridized carbons (Fsp3) is 0.161. The minimum Gasteiger partial charge on any atom is -0.476 e. The van der Waals surface area contributed by atoms with Crippen molar-refractivity contribution < 1.29 is 47.7 Å². The van der Waals surface area contributed by atoms with Crippen LogP contribution in [0.1, 0.15) is 58.1 Å². The smallest absolute Gasteiger partial charge is 0.358 e. The van der Waals surface area contributed by atoms with Crippen LogP contribution in [0.15, 0.2) is 91.3 Å². The number of carbonyl (C=O) groups excluding carboxylic acids is 4. The molecule has 44 heavy (non-hydrogen) atoms. The van der Waals surface area contributed by atoms with Gasteiger partial charge in [-0.15, -0.1) is 0 Å². The second kappa shape index (κ2) is 11.5. The van der Waals surface area contributed by atoms with Gasteiger partial charge in [0.15, 0.2) is 30.0 Å². The second-order valence-electron chi connectivity index (χ2n) is 9.83. The maximum atomic E-state index is 16.3. The third-order valence-corrected chi connectivity index (χ3v) is 7.16. The van der Waals surface area contributed by atoms with E-state index in [0.29, 0.717) is 4.90 Å². The number of aromatic nitrogens is 2. The lowest BCUT2D eigenvalue weighted by Gasteiger charge is -2.22. The topological polar surface area (TPSA) is 154 Å². The van der Waals surface area contributed by atoms with Gasteiger partial charge in [-0.3, -0.25) is 14.2 Å². The van der Waals surface area contributed by atoms with E-state index in [0.717, 1.165) is 10.9 Å². The predicted molar refractivity (Wildman–Crippen MR) is 148 cm³/mol. The normalized spacial score (nSPS) is 20.8. The third kappa shape index (κ3) is 4.98. The van der Waals surface area contributed by atoms with E-state index >= 15 is 4.39 Å². The standard InChI is InChI=1S/C31H22FN3O9/c32-22-24(44-31(41)18-11-5-2-6-12-18)21(15-42-30(40)17-9-3-1-4-10-17)43-28(22)34-16-33-23(29(38)39)25(34)35-26(36)19-13-7-8-14-20(19)27(35)37/h1-14,16,21-22,24,28H,15H2,(H,38,39)/t21-,22-,24-,28-/m1/s1. The van der Waals surface area contributed by atoms with Crippen LogP contribution in [0.3, 0.4) is 0 Å². The molecule has 12 nitrogen and oxygen atoms in total. The number of imidazole rings is 1. The van der Waals surface area contributed by atoms with Crippen LogP contribution >= 0.6 is 0 Å². The number of halogens is 1. The maximum Gasteiger partial charge on any atom is 0.358 e. The number of aromatic carboxylic acids is 1. The number of anilines is 1. The Balaban J connectivity index is 1.34. The number of amides is 2. The van der Waals surface area contributed by atoms with E-state index in [-0.39, 0.29) is 22.3 Å². The molecular formula is C31H22FN3O9. The van der Waals surface area contributed by atoms with Gasteiger partial charge in [0.25, 0.3) is 11.8 Å². The summed E-state index contributed by atoms with van der Waals surface area (Å²) in [4.78, 5) is 68.7. The summed E-state index contributed by atoms with van der Waals surface area (Å²) >= 11 is 0. The van der Waals surface area contributed by atoms with Gasteiger partial charge in [0.1, 0.15) is 12.7 Å². The number of benzene rings is 3. The summed E-state index contributed by atoms with van der Waals surface area (Å²) in [6.07, 6.45) is -6.05. The summed E-state index contributed by atoms with van der Waals surface area (Å²) in [6, 6.07) is 21.6. The molecule has 0 aliphatic carbocycles. The highest BCUT2D eigenvalue weighted by Crippen LogP contribution is 2.40. The highest BCUT2D eigenvalue weighted by molar-refractivity contribution is 6.34. The average Bonchev–Trinajstić information content (AvgIpc) is 3.68. The minimum atomic E-state index is -2.19. The number of ether oxygens (including phenoxy) is 3. The van der Waals surface area contributed by atoms with E-state index in [2.05, 4.69) is 4.98 Å². The number of hydrogen-bond acceptors (Lipinski definition) is 9. The van der Waals surface area contributed by atoms with E-state index in [4.69, 9.17) is 14.2 Å². The molecule has 0 saturated carbocycles.